The molecule has 1 aliphatic heterocycles. The van der Waals surface area contributed by atoms with Gasteiger partial charge in [-0.05, 0) is 38.3 Å². The molecule has 2 unspecified atom stereocenters. The molecule has 6 heteroatoms. The quantitative estimate of drug-likeness (QED) is 0.683. The average molecular weight is 291 g/mol. The van der Waals surface area contributed by atoms with Gasteiger partial charge in [-0.15, -0.1) is 0 Å². The van der Waals surface area contributed by atoms with Crippen molar-refractivity contribution in [3.05, 3.63) is 33.9 Å². The second kappa shape index (κ2) is 6.11. The number of amides is 1. The standard InChI is InChI=1S/C15H21N3O3/c1-4-16-13-8-12(5-6-14(13)18(20)21)15(19)17-9-10(2)7-11(17)3/h5-6,8,10-11,16H,4,7,9H2,1-3H3. The largest absolute Gasteiger partial charge is 0.380 e. The number of likely N-dealkylation sites (tertiary alicyclic amines) is 1. The number of carbonyl (C=O) groups excluding carboxylic acids is 1. The van der Waals surface area contributed by atoms with E-state index in [9.17, 15) is 14.9 Å². The topological polar surface area (TPSA) is 75.5 Å². The lowest BCUT2D eigenvalue weighted by atomic mass is 10.1. The maximum atomic E-state index is 12.6. The Labute approximate surface area is 124 Å². The molecule has 1 aromatic carbocycles. The van der Waals surface area contributed by atoms with Gasteiger partial charge in [0.2, 0.25) is 0 Å². The number of nitro benzene ring substituents is 1. The summed E-state index contributed by atoms with van der Waals surface area (Å²) >= 11 is 0. The highest BCUT2D eigenvalue weighted by atomic mass is 16.6. The van der Waals surface area contributed by atoms with E-state index in [1.165, 1.54) is 12.1 Å². The van der Waals surface area contributed by atoms with Gasteiger partial charge in [-0.2, -0.15) is 0 Å². The van der Waals surface area contributed by atoms with Gasteiger partial charge < -0.3 is 10.2 Å². The predicted octanol–water partition coefficient (Wildman–Crippen LogP) is 2.90. The van der Waals surface area contributed by atoms with Gasteiger partial charge in [-0.3, -0.25) is 14.9 Å². The van der Waals surface area contributed by atoms with Crippen molar-refractivity contribution in [3.8, 4) is 0 Å². The van der Waals surface area contributed by atoms with Crippen molar-refractivity contribution in [3.63, 3.8) is 0 Å². The molecule has 114 valence electrons. The maximum Gasteiger partial charge on any atom is 0.292 e. The first-order valence-electron chi connectivity index (χ1n) is 7.27. The third-order valence-corrected chi connectivity index (χ3v) is 3.85. The maximum absolute atomic E-state index is 12.6. The lowest BCUT2D eigenvalue weighted by molar-refractivity contribution is -0.384. The first-order chi connectivity index (χ1) is 9.93. The summed E-state index contributed by atoms with van der Waals surface area (Å²) in [6, 6.07) is 4.73. The van der Waals surface area contributed by atoms with E-state index in [1.807, 2.05) is 18.7 Å². The SMILES string of the molecule is CCNc1cc(C(=O)N2CC(C)CC2C)ccc1[N+](=O)[O-]. The van der Waals surface area contributed by atoms with Crippen LogP contribution >= 0.6 is 0 Å². The minimum Gasteiger partial charge on any atom is -0.380 e. The second-order valence-electron chi connectivity index (χ2n) is 5.67. The number of nitrogens with one attached hydrogen (secondary N) is 1. The summed E-state index contributed by atoms with van der Waals surface area (Å²) in [5.41, 5.74) is 0.891. The molecule has 0 spiro atoms. The van der Waals surface area contributed by atoms with Crippen LogP contribution in [0.3, 0.4) is 0 Å². The van der Waals surface area contributed by atoms with E-state index in [4.69, 9.17) is 0 Å². The second-order valence-corrected chi connectivity index (χ2v) is 5.67. The Morgan fingerprint density at radius 1 is 1.48 bits per heavy atom. The Hall–Kier alpha value is -2.11. The van der Waals surface area contributed by atoms with Crippen LogP contribution in [0.1, 0.15) is 37.6 Å². The van der Waals surface area contributed by atoms with Gasteiger partial charge in [0.15, 0.2) is 0 Å². The molecule has 1 fully saturated rings. The molecule has 0 saturated carbocycles. The molecule has 1 amide bonds. The van der Waals surface area contributed by atoms with Crippen molar-refractivity contribution in [2.24, 2.45) is 5.92 Å². The van der Waals surface area contributed by atoms with Crippen LogP contribution < -0.4 is 5.32 Å². The summed E-state index contributed by atoms with van der Waals surface area (Å²) in [5, 5.41) is 14.0. The van der Waals surface area contributed by atoms with E-state index >= 15 is 0 Å². The molecule has 2 atom stereocenters. The van der Waals surface area contributed by atoms with E-state index in [1.54, 1.807) is 6.07 Å². The zero-order chi connectivity index (χ0) is 15.6. The molecule has 2 rings (SSSR count). The Morgan fingerprint density at radius 3 is 2.71 bits per heavy atom. The predicted molar refractivity (Wildman–Crippen MR) is 81.5 cm³/mol. The Bertz CT molecular complexity index is 559. The fourth-order valence-corrected chi connectivity index (χ4v) is 2.91. The molecule has 0 aliphatic carbocycles. The fourth-order valence-electron chi connectivity index (χ4n) is 2.91. The van der Waals surface area contributed by atoms with Gasteiger partial charge in [0.25, 0.3) is 11.6 Å². The van der Waals surface area contributed by atoms with Crippen LogP contribution in [0.25, 0.3) is 0 Å². The van der Waals surface area contributed by atoms with Gasteiger partial charge in [0.05, 0.1) is 4.92 Å². The zero-order valence-corrected chi connectivity index (χ0v) is 12.6. The Morgan fingerprint density at radius 2 is 2.19 bits per heavy atom. The number of carbonyl (C=O) groups is 1. The Kier molecular flexibility index (Phi) is 4.45. The average Bonchev–Trinajstić information content (AvgIpc) is 2.77. The highest BCUT2D eigenvalue weighted by Gasteiger charge is 2.31. The monoisotopic (exact) mass is 291 g/mol. The summed E-state index contributed by atoms with van der Waals surface area (Å²) in [6.45, 7) is 7.34. The van der Waals surface area contributed by atoms with E-state index in [0.717, 1.165) is 13.0 Å². The summed E-state index contributed by atoms with van der Waals surface area (Å²) in [7, 11) is 0. The van der Waals surface area contributed by atoms with Crippen LogP contribution in [0.2, 0.25) is 0 Å². The molecule has 0 radical (unpaired) electrons. The molecule has 1 aliphatic rings. The molecular weight excluding hydrogens is 270 g/mol. The van der Waals surface area contributed by atoms with Crippen LogP contribution in [0, 0.1) is 16.0 Å². The number of hydrogen-bond donors (Lipinski definition) is 1. The van der Waals surface area contributed by atoms with Gasteiger partial charge in [-0.25, -0.2) is 0 Å². The van der Waals surface area contributed by atoms with Crippen molar-refractivity contribution < 1.29 is 9.72 Å². The zero-order valence-electron chi connectivity index (χ0n) is 12.6. The van der Waals surface area contributed by atoms with Crippen LogP contribution in [-0.4, -0.2) is 34.9 Å². The van der Waals surface area contributed by atoms with Crippen LogP contribution in [0.4, 0.5) is 11.4 Å². The highest BCUT2D eigenvalue weighted by molar-refractivity contribution is 5.96. The molecule has 6 nitrogen and oxygen atoms in total. The normalized spacial score (nSPS) is 21.4. The molecule has 21 heavy (non-hydrogen) atoms. The molecule has 1 aromatic rings. The summed E-state index contributed by atoms with van der Waals surface area (Å²) in [6.07, 6.45) is 0.999. The first kappa shape index (κ1) is 15.3. The third kappa shape index (κ3) is 3.15. The van der Waals surface area contributed by atoms with Gasteiger partial charge in [0.1, 0.15) is 5.69 Å². The minimum atomic E-state index is -0.438. The molecule has 1 heterocycles. The molecule has 0 bridgehead atoms. The van der Waals surface area contributed by atoms with E-state index in [0.29, 0.717) is 23.7 Å². The number of benzene rings is 1. The van der Waals surface area contributed by atoms with E-state index in [2.05, 4.69) is 12.2 Å². The lowest BCUT2D eigenvalue weighted by Gasteiger charge is -2.21. The summed E-state index contributed by atoms with van der Waals surface area (Å²) in [4.78, 5) is 25.0. The van der Waals surface area contributed by atoms with E-state index in [-0.39, 0.29) is 17.6 Å². The summed E-state index contributed by atoms with van der Waals surface area (Å²) in [5.74, 6) is 0.441. The number of hydrogen-bond acceptors (Lipinski definition) is 4. The number of anilines is 1. The van der Waals surface area contributed by atoms with E-state index < -0.39 is 4.92 Å². The molecular formula is C15H21N3O3. The lowest BCUT2D eigenvalue weighted by Crippen LogP contribution is -2.34. The molecule has 1 saturated heterocycles. The van der Waals surface area contributed by atoms with Crippen LogP contribution in [0.15, 0.2) is 18.2 Å². The Balaban J connectivity index is 2.29. The number of nitrogens with zero attached hydrogens (tertiary/aromatic N) is 2. The van der Waals surface area contributed by atoms with Crippen LogP contribution in [0.5, 0.6) is 0 Å². The van der Waals surface area contributed by atoms with Gasteiger partial charge in [-0.1, -0.05) is 6.92 Å². The highest BCUT2D eigenvalue weighted by Crippen LogP contribution is 2.28. The smallest absolute Gasteiger partial charge is 0.292 e. The van der Waals surface area contributed by atoms with Crippen LogP contribution in [-0.2, 0) is 0 Å². The van der Waals surface area contributed by atoms with Crippen molar-refractivity contribution in [1.82, 2.24) is 4.90 Å². The van der Waals surface area contributed by atoms with Gasteiger partial charge in [0, 0.05) is 30.8 Å². The minimum absolute atomic E-state index is 0.00348. The van der Waals surface area contributed by atoms with Crippen molar-refractivity contribution in [2.75, 3.05) is 18.4 Å². The van der Waals surface area contributed by atoms with Gasteiger partial charge >= 0.3 is 0 Å². The molecule has 0 aromatic heterocycles. The van der Waals surface area contributed by atoms with Crippen molar-refractivity contribution in [1.29, 1.82) is 0 Å². The summed E-state index contributed by atoms with van der Waals surface area (Å²) < 4.78 is 0. The fraction of sp³-hybridized carbons (Fsp3) is 0.533. The van der Waals surface area contributed by atoms with Crippen molar-refractivity contribution >= 4 is 17.3 Å². The first-order valence-corrected chi connectivity index (χ1v) is 7.27. The molecule has 1 N–H and O–H groups in total. The number of rotatable bonds is 4. The van der Waals surface area contributed by atoms with Crippen molar-refractivity contribution in [2.45, 2.75) is 33.2 Å². The third-order valence-electron chi connectivity index (χ3n) is 3.85. The number of nitro groups is 1.